The van der Waals surface area contributed by atoms with Crippen LogP contribution in [-0.2, 0) is 6.18 Å². The average Bonchev–Trinajstić information content (AvgIpc) is 2.56. The molecular weight excluding hydrogens is 355 g/mol. The Morgan fingerprint density at radius 1 is 1.19 bits per heavy atom. The minimum Gasteiger partial charge on any atom is -0.477 e. The number of carbonyl (C=O) groups is 2. The molecule has 1 aromatic carbocycles. The van der Waals surface area contributed by atoms with Gasteiger partial charge >= 0.3 is 18.2 Å². The lowest BCUT2D eigenvalue weighted by Crippen LogP contribution is -2.31. The van der Waals surface area contributed by atoms with Crippen molar-refractivity contribution in [3.8, 4) is 5.69 Å². The van der Waals surface area contributed by atoms with E-state index in [1.54, 1.807) is 0 Å². The van der Waals surface area contributed by atoms with Crippen LogP contribution in [0.5, 0.6) is 0 Å². The van der Waals surface area contributed by atoms with Crippen molar-refractivity contribution in [2.75, 3.05) is 12.4 Å². The van der Waals surface area contributed by atoms with Gasteiger partial charge in [-0.15, -0.1) is 0 Å². The standard InChI is InChI=1S/C16H14F3N3O4/c1-8-12(21-15(26)20-2)7-11(14(24)25)13(23)22(8)10-5-3-4-9(6-10)16(17,18)19/h3-7H,1-2H3,(H,24,25)(H2,20,21,26). The van der Waals surface area contributed by atoms with Crippen LogP contribution in [0.3, 0.4) is 0 Å². The third-order valence-electron chi connectivity index (χ3n) is 3.58. The molecule has 0 unspecified atom stereocenters. The number of nitrogens with zero attached hydrogens (tertiary/aromatic N) is 1. The molecule has 7 nitrogen and oxygen atoms in total. The van der Waals surface area contributed by atoms with Crippen molar-refractivity contribution < 1.29 is 27.9 Å². The molecule has 0 fully saturated rings. The van der Waals surface area contributed by atoms with Crippen molar-refractivity contribution in [1.82, 2.24) is 9.88 Å². The molecule has 2 amide bonds. The summed E-state index contributed by atoms with van der Waals surface area (Å²) in [6.45, 7) is 1.37. The van der Waals surface area contributed by atoms with E-state index in [9.17, 15) is 32.7 Å². The van der Waals surface area contributed by atoms with Crippen molar-refractivity contribution >= 4 is 17.7 Å². The highest BCUT2D eigenvalue weighted by Gasteiger charge is 2.31. The Kier molecular flexibility index (Phi) is 5.05. The molecule has 0 aliphatic heterocycles. The van der Waals surface area contributed by atoms with Gasteiger partial charge in [-0.25, -0.2) is 9.59 Å². The van der Waals surface area contributed by atoms with Crippen LogP contribution in [-0.4, -0.2) is 28.7 Å². The first-order valence-electron chi connectivity index (χ1n) is 7.22. The van der Waals surface area contributed by atoms with Gasteiger partial charge in [-0.3, -0.25) is 9.36 Å². The van der Waals surface area contributed by atoms with Crippen LogP contribution in [0.15, 0.2) is 35.1 Å². The van der Waals surface area contributed by atoms with Crippen LogP contribution in [0.4, 0.5) is 23.7 Å². The number of rotatable bonds is 3. The maximum absolute atomic E-state index is 12.9. The zero-order chi connectivity index (χ0) is 19.6. The van der Waals surface area contributed by atoms with E-state index >= 15 is 0 Å². The Morgan fingerprint density at radius 3 is 2.38 bits per heavy atom. The van der Waals surface area contributed by atoms with Crippen molar-refractivity contribution in [2.45, 2.75) is 13.1 Å². The number of benzene rings is 1. The van der Waals surface area contributed by atoms with E-state index in [1.165, 1.54) is 20.0 Å². The number of urea groups is 1. The number of aromatic nitrogens is 1. The monoisotopic (exact) mass is 369 g/mol. The first kappa shape index (κ1) is 19.0. The minimum absolute atomic E-state index is 0.0289. The maximum atomic E-state index is 12.9. The summed E-state index contributed by atoms with van der Waals surface area (Å²) >= 11 is 0. The van der Waals surface area contributed by atoms with E-state index in [2.05, 4.69) is 10.6 Å². The highest BCUT2D eigenvalue weighted by Crippen LogP contribution is 2.30. The SMILES string of the molecule is CNC(=O)Nc1cc(C(=O)O)c(=O)n(-c2cccc(C(F)(F)F)c2)c1C. The predicted octanol–water partition coefficient (Wildman–Crippen LogP) is 2.61. The molecule has 0 aliphatic rings. The van der Waals surface area contributed by atoms with Gasteiger partial charge in [0.2, 0.25) is 0 Å². The lowest BCUT2D eigenvalue weighted by molar-refractivity contribution is -0.137. The second-order valence-electron chi connectivity index (χ2n) is 5.26. The summed E-state index contributed by atoms with van der Waals surface area (Å²) in [6, 6.07) is 4.17. The summed E-state index contributed by atoms with van der Waals surface area (Å²) in [7, 11) is 1.32. The quantitative estimate of drug-likeness (QED) is 0.774. The van der Waals surface area contributed by atoms with Crippen LogP contribution in [0.25, 0.3) is 5.69 Å². The van der Waals surface area contributed by atoms with E-state index in [-0.39, 0.29) is 17.1 Å². The second-order valence-corrected chi connectivity index (χ2v) is 5.26. The molecule has 0 saturated heterocycles. The normalized spacial score (nSPS) is 11.1. The summed E-state index contributed by atoms with van der Waals surface area (Å²) in [6.07, 6.45) is -4.64. The van der Waals surface area contributed by atoms with E-state index in [1.807, 2.05) is 0 Å². The van der Waals surface area contributed by atoms with Gasteiger partial charge in [0.25, 0.3) is 5.56 Å². The van der Waals surface area contributed by atoms with E-state index in [4.69, 9.17) is 0 Å². The average molecular weight is 369 g/mol. The predicted molar refractivity (Wildman–Crippen MR) is 86.8 cm³/mol. The van der Waals surface area contributed by atoms with Crippen LogP contribution in [0, 0.1) is 6.92 Å². The van der Waals surface area contributed by atoms with Gasteiger partial charge < -0.3 is 15.7 Å². The topological polar surface area (TPSA) is 100 Å². The zero-order valence-electron chi connectivity index (χ0n) is 13.6. The zero-order valence-corrected chi connectivity index (χ0v) is 13.6. The van der Waals surface area contributed by atoms with Gasteiger partial charge in [0, 0.05) is 18.4 Å². The highest BCUT2D eigenvalue weighted by molar-refractivity contribution is 5.93. The number of carbonyl (C=O) groups excluding carboxylic acids is 1. The summed E-state index contributed by atoms with van der Waals surface area (Å²) in [5.41, 5.74) is -2.84. The number of nitrogens with one attached hydrogen (secondary N) is 2. The lowest BCUT2D eigenvalue weighted by Gasteiger charge is -2.17. The Hall–Kier alpha value is -3.30. The molecule has 2 rings (SSSR count). The second kappa shape index (κ2) is 6.90. The number of hydrogen-bond acceptors (Lipinski definition) is 3. The van der Waals surface area contributed by atoms with Crippen LogP contribution in [0.2, 0.25) is 0 Å². The smallest absolute Gasteiger partial charge is 0.416 e. The number of halogens is 3. The fourth-order valence-electron chi connectivity index (χ4n) is 2.30. The van der Waals surface area contributed by atoms with Crippen molar-refractivity contribution in [1.29, 1.82) is 0 Å². The van der Waals surface area contributed by atoms with Gasteiger partial charge in [0.1, 0.15) is 5.56 Å². The van der Waals surface area contributed by atoms with Gasteiger partial charge in [-0.1, -0.05) is 6.07 Å². The Morgan fingerprint density at radius 2 is 1.85 bits per heavy atom. The molecule has 0 radical (unpaired) electrons. The molecule has 10 heteroatoms. The van der Waals surface area contributed by atoms with Gasteiger partial charge in [-0.2, -0.15) is 13.2 Å². The minimum atomic E-state index is -4.64. The van der Waals surface area contributed by atoms with Crippen LogP contribution < -0.4 is 16.2 Å². The number of alkyl halides is 3. The molecule has 0 bridgehead atoms. The van der Waals surface area contributed by atoms with Crippen molar-refractivity contribution in [3.63, 3.8) is 0 Å². The number of carboxylic acid groups (broad SMARTS) is 1. The molecular formula is C16H14F3N3O4. The summed E-state index contributed by atoms with van der Waals surface area (Å²) in [5, 5.41) is 13.8. The fraction of sp³-hybridized carbons (Fsp3) is 0.188. The van der Waals surface area contributed by atoms with Gasteiger partial charge in [0.15, 0.2) is 0 Å². The summed E-state index contributed by atoms with van der Waals surface area (Å²) < 4.78 is 39.6. The molecule has 0 spiro atoms. The Labute approximate surface area is 145 Å². The number of pyridine rings is 1. The van der Waals surface area contributed by atoms with Gasteiger partial charge in [0.05, 0.1) is 11.3 Å². The van der Waals surface area contributed by atoms with Crippen molar-refractivity contribution in [3.05, 3.63) is 57.5 Å². The fourth-order valence-corrected chi connectivity index (χ4v) is 2.30. The van der Waals surface area contributed by atoms with Crippen LogP contribution >= 0.6 is 0 Å². The molecule has 26 heavy (non-hydrogen) atoms. The number of anilines is 1. The molecule has 0 atom stereocenters. The third kappa shape index (κ3) is 3.68. The molecule has 2 aromatic rings. The summed E-state index contributed by atoms with van der Waals surface area (Å²) in [5.74, 6) is -1.57. The molecule has 0 saturated carbocycles. The molecule has 1 heterocycles. The highest BCUT2D eigenvalue weighted by atomic mass is 19.4. The lowest BCUT2D eigenvalue weighted by atomic mass is 10.1. The molecule has 3 N–H and O–H groups in total. The van der Waals surface area contributed by atoms with E-state index in [0.29, 0.717) is 0 Å². The molecule has 1 aromatic heterocycles. The largest absolute Gasteiger partial charge is 0.477 e. The third-order valence-corrected chi connectivity index (χ3v) is 3.58. The van der Waals surface area contributed by atoms with E-state index in [0.717, 1.165) is 28.8 Å². The first-order chi connectivity index (χ1) is 12.1. The first-order valence-corrected chi connectivity index (χ1v) is 7.22. The van der Waals surface area contributed by atoms with E-state index < -0.39 is 34.9 Å². The Bertz CT molecular complexity index is 935. The van der Waals surface area contributed by atoms with Crippen LogP contribution in [0.1, 0.15) is 21.6 Å². The summed E-state index contributed by atoms with van der Waals surface area (Å²) in [4.78, 5) is 35.3. The molecule has 138 valence electrons. The number of aromatic carboxylic acids is 1. The van der Waals surface area contributed by atoms with Gasteiger partial charge in [-0.05, 0) is 31.2 Å². The molecule has 0 aliphatic carbocycles. The number of amides is 2. The number of hydrogen-bond donors (Lipinski definition) is 3. The number of carboxylic acids is 1. The maximum Gasteiger partial charge on any atom is 0.416 e. The van der Waals surface area contributed by atoms with Crippen molar-refractivity contribution in [2.24, 2.45) is 0 Å². The Balaban J connectivity index is 2.77.